The van der Waals surface area contributed by atoms with Gasteiger partial charge in [0.2, 0.25) is 5.91 Å². The standard InChI is InChI=1S/C21H26N4O3S/c1-6-23-19(26)14(5)29-20-15(12-22)18(16-10-9-11-28-16)17(13(4)24-20)21(27)25(7-2)8-3/h9-11,14H,6-8H2,1-5H3,(H,23,26). The number of nitrogens with zero attached hydrogens (tertiary/aromatic N) is 3. The lowest BCUT2D eigenvalue weighted by molar-refractivity contribution is -0.120. The Hall–Kier alpha value is -2.79. The average Bonchev–Trinajstić information content (AvgIpc) is 3.22. The van der Waals surface area contributed by atoms with E-state index < -0.39 is 5.25 Å². The Morgan fingerprint density at radius 2 is 2.03 bits per heavy atom. The van der Waals surface area contributed by atoms with Crippen molar-refractivity contribution in [3.63, 3.8) is 0 Å². The Labute approximate surface area is 175 Å². The molecule has 2 rings (SSSR count). The van der Waals surface area contributed by atoms with E-state index in [0.717, 1.165) is 0 Å². The highest BCUT2D eigenvalue weighted by Gasteiger charge is 2.29. The number of hydrogen-bond acceptors (Lipinski definition) is 6. The highest BCUT2D eigenvalue weighted by atomic mass is 32.2. The number of furan rings is 1. The molecule has 1 atom stereocenters. The van der Waals surface area contributed by atoms with E-state index in [4.69, 9.17) is 4.42 Å². The van der Waals surface area contributed by atoms with Crippen LogP contribution in [0.25, 0.3) is 11.3 Å². The van der Waals surface area contributed by atoms with Gasteiger partial charge in [-0.3, -0.25) is 9.59 Å². The van der Waals surface area contributed by atoms with E-state index in [1.807, 2.05) is 20.8 Å². The zero-order valence-electron chi connectivity index (χ0n) is 17.4. The molecule has 2 heterocycles. The minimum atomic E-state index is -0.442. The summed E-state index contributed by atoms with van der Waals surface area (Å²) in [6.45, 7) is 10.8. The molecule has 0 spiro atoms. The summed E-state index contributed by atoms with van der Waals surface area (Å²) in [4.78, 5) is 31.6. The molecule has 0 fully saturated rings. The van der Waals surface area contributed by atoms with E-state index >= 15 is 0 Å². The highest BCUT2D eigenvalue weighted by Crippen LogP contribution is 2.37. The molecule has 0 aromatic carbocycles. The van der Waals surface area contributed by atoms with Crippen molar-refractivity contribution in [1.82, 2.24) is 15.2 Å². The summed E-state index contributed by atoms with van der Waals surface area (Å²) in [5.74, 6) is 0.0926. The fourth-order valence-corrected chi connectivity index (χ4v) is 3.98. The van der Waals surface area contributed by atoms with Crippen molar-refractivity contribution >= 4 is 23.6 Å². The number of rotatable bonds is 8. The molecule has 2 aromatic rings. The summed E-state index contributed by atoms with van der Waals surface area (Å²) in [6, 6.07) is 5.61. The Bertz CT molecular complexity index is 915. The van der Waals surface area contributed by atoms with Crippen molar-refractivity contribution in [2.45, 2.75) is 44.9 Å². The molecule has 0 aliphatic heterocycles. The van der Waals surface area contributed by atoms with Gasteiger partial charge >= 0.3 is 0 Å². The third-order valence-electron chi connectivity index (χ3n) is 4.50. The minimum Gasteiger partial charge on any atom is -0.464 e. The van der Waals surface area contributed by atoms with Gasteiger partial charge in [0, 0.05) is 19.6 Å². The van der Waals surface area contributed by atoms with Crippen molar-refractivity contribution in [3.05, 3.63) is 35.2 Å². The summed E-state index contributed by atoms with van der Waals surface area (Å²) in [7, 11) is 0. The third-order valence-corrected chi connectivity index (χ3v) is 5.58. The number of nitriles is 1. The molecule has 8 heteroatoms. The van der Waals surface area contributed by atoms with Gasteiger partial charge in [-0.15, -0.1) is 0 Å². The number of carbonyl (C=O) groups is 2. The first-order valence-electron chi connectivity index (χ1n) is 9.61. The van der Waals surface area contributed by atoms with Crippen LogP contribution in [-0.2, 0) is 4.79 Å². The summed E-state index contributed by atoms with van der Waals surface area (Å²) < 4.78 is 5.56. The van der Waals surface area contributed by atoms with Gasteiger partial charge in [-0.05, 0) is 46.8 Å². The summed E-state index contributed by atoms with van der Waals surface area (Å²) in [5.41, 5.74) is 1.52. The fraction of sp³-hybridized carbons (Fsp3) is 0.429. The Balaban J connectivity index is 2.68. The monoisotopic (exact) mass is 414 g/mol. The molecule has 0 aliphatic carbocycles. The molecule has 0 saturated heterocycles. The van der Waals surface area contributed by atoms with Crippen LogP contribution in [0.15, 0.2) is 27.8 Å². The lowest BCUT2D eigenvalue weighted by Crippen LogP contribution is -2.32. The normalized spacial score (nSPS) is 11.6. The largest absolute Gasteiger partial charge is 0.464 e. The molecule has 0 radical (unpaired) electrons. The molecule has 154 valence electrons. The first-order valence-corrected chi connectivity index (χ1v) is 10.5. The van der Waals surface area contributed by atoms with Crippen molar-refractivity contribution in [2.75, 3.05) is 19.6 Å². The van der Waals surface area contributed by atoms with Gasteiger partial charge in [0.05, 0.1) is 33.9 Å². The van der Waals surface area contributed by atoms with Gasteiger partial charge in [-0.25, -0.2) is 4.98 Å². The summed E-state index contributed by atoms with van der Waals surface area (Å²) >= 11 is 1.20. The van der Waals surface area contributed by atoms with Crippen LogP contribution in [0, 0.1) is 18.3 Å². The van der Waals surface area contributed by atoms with Crippen molar-refractivity contribution in [1.29, 1.82) is 5.26 Å². The molecular weight excluding hydrogens is 388 g/mol. The predicted molar refractivity (Wildman–Crippen MR) is 113 cm³/mol. The molecule has 0 bridgehead atoms. The third kappa shape index (κ3) is 4.80. The van der Waals surface area contributed by atoms with Crippen molar-refractivity contribution in [3.8, 4) is 17.4 Å². The number of thioether (sulfide) groups is 1. The number of hydrogen-bond donors (Lipinski definition) is 1. The van der Waals surface area contributed by atoms with E-state index in [0.29, 0.717) is 47.2 Å². The van der Waals surface area contributed by atoms with Crippen LogP contribution in [-0.4, -0.2) is 46.6 Å². The van der Waals surface area contributed by atoms with E-state index in [2.05, 4.69) is 16.4 Å². The lowest BCUT2D eigenvalue weighted by atomic mass is 9.98. The van der Waals surface area contributed by atoms with Crippen LogP contribution in [0.1, 0.15) is 49.3 Å². The molecule has 1 unspecified atom stereocenters. The smallest absolute Gasteiger partial charge is 0.256 e. The number of aryl methyl sites for hydroxylation is 1. The number of carbonyl (C=O) groups excluding carboxylic acids is 2. The van der Waals surface area contributed by atoms with Crippen LogP contribution in [0.5, 0.6) is 0 Å². The maximum Gasteiger partial charge on any atom is 0.256 e. The molecule has 1 N–H and O–H groups in total. The van der Waals surface area contributed by atoms with Crippen LogP contribution >= 0.6 is 11.8 Å². The highest BCUT2D eigenvalue weighted by molar-refractivity contribution is 8.00. The van der Waals surface area contributed by atoms with Crippen LogP contribution < -0.4 is 5.32 Å². The number of aromatic nitrogens is 1. The van der Waals surface area contributed by atoms with E-state index in [-0.39, 0.29) is 17.4 Å². The number of pyridine rings is 1. The average molecular weight is 415 g/mol. The maximum atomic E-state index is 13.2. The van der Waals surface area contributed by atoms with Crippen LogP contribution in [0.4, 0.5) is 0 Å². The lowest BCUT2D eigenvalue weighted by Gasteiger charge is -2.22. The maximum absolute atomic E-state index is 13.2. The van der Waals surface area contributed by atoms with Crippen molar-refractivity contribution < 1.29 is 14.0 Å². The quantitative estimate of drug-likeness (QED) is 0.662. The molecule has 0 saturated carbocycles. The van der Waals surface area contributed by atoms with Gasteiger partial charge in [-0.2, -0.15) is 5.26 Å². The first kappa shape index (κ1) is 22.5. The second kappa shape index (κ2) is 10.1. The molecular formula is C21H26N4O3S. The molecule has 2 aromatic heterocycles. The van der Waals surface area contributed by atoms with Gasteiger partial charge in [0.15, 0.2) is 0 Å². The fourth-order valence-electron chi connectivity index (χ4n) is 3.00. The second-order valence-electron chi connectivity index (χ2n) is 6.35. The van der Waals surface area contributed by atoms with Gasteiger partial charge in [-0.1, -0.05) is 11.8 Å². The topological polar surface area (TPSA) is 99.2 Å². The summed E-state index contributed by atoms with van der Waals surface area (Å²) in [5, 5.41) is 12.7. The summed E-state index contributed by atoms with van der Waals surface area (Å²) in [6.07, 6.45) is 1.50. The Morgan fingerprint density at radius 3 is 2.55 bits per heavy atom. The van der Waals surface area contributed by atoms with Gasteiger partial charge in [0.1, 0.15) is 16.9 Å². The van der Waals surface area contributed by atoms with E-state index in [9.17, 15) is 14.9 Å². The second-order valence-corrected chi connectivity index (χ2v) is 7.68. The molecule has 29 heavy (non-hydrogen) atoms. The van der Waals surface area contributed by atoms with Crippen LogP contribution in [0.2, 0.25) is 0 Å². The minimum absolute atomic E-state index is 0.135. The first-order chi connectivity index (χ1) is 13.9. The number of amides is 2. The van der Waals surface area contributed by atoms with Gasteiger partial charge in [0.25, 0.3) is 5.91 Å². The zero-order valence-corrected chi connectivity index (χ0v) is 18.2. The Kier molecular flexibility index (Phi) is 7.85. The predicted octanol–water partition coefficient (Wildman–Crippen LogP) is 3.62. The SMILES string of the molecule is CCNC(=O)C(C)Sc1nc(C)c(C(=O)N(CC)CC)c(-c2ccco2)c1C#N. The van der Waals surface area contributed by atoms with Gasteiger partial charge < -0.3 is 14.6 Å². The molecule has 7 nitrogen and oxygen atoms in total. The van der Waals surface area contributed by atoms with Crippen LogP contribution in [0.3, 0.4) is 0 Å². The van der Waals surface area contributed by atoms with E-state index in [1.54, 1.807) is 30.9 Å². The number of nitrogens with one attached hydrogen (secondary N) is 1. The zero-order chi connectivity index (χ0) is 21.6. The van der Waals surface area contributed by atoms with Crippen molar-refractivity contribution in [2.24, 2.45) is 0 Å². The van der Waals surface area contributed by atoms with E-state index in [1.165, 1.54) is 18.0 Å². The molecule has 2 amide bonds. The molecule has 0 aliphatic rings. The Morgan fingerprint density at radius 1 is 1.34 bits per heavy atom.